The number of hydrogen-bond acceptors (Lipinski definition) is 4. The molecule has 0 radical (unpaired) electrons. The number of hydrogen-bond donors (Lipinski definition) is 1. The van der Waals surface area contributed by atoms with Gasteiger partial charge in [-0.05, 0) is 44.4 Å². The first-order valence-electron chi connectivity index (χ1n) is 9.21. The summed E-state index contributed by atoms with van der Waals surface area (Å²) in [7, 11) is 2.20. The van der Waals surface area contributed by atoms with Gasteiger partial charge in [0.05, 0.1) is 11.8 Å². The van der Waals surface area contributed by atoms with Gasteiger partial charge in [-0.25, -0.2) is 0 Å². The van der Waals surface area contributed by atoms with Crippen LogP contribution in [0.4, 0.5) is 0 Å². The lowest BCUT2D eigenvalue weighted by atomic mass is 9.73. The molecule has 4 heteroatoms. The molecule has 1 aromatic carbocycles. The van der Waals surface area contributed by atoms with Gasteiger partial charge in [-0.2, -0.15) is 0 Å². The third-order valence-corrected chi connectivity index (χ3v) is 5.87. The number of aliphatic hydroxyl groups is 1. The zero-order valence-corrected chi connectivity index (χ0v) is 14.8. The lowest BCUT2D eigenvalue weighted by Crippen LogP contribution is -2.55. The molecule has 4 nitrogen and oxygen atoms in total. The summed E-state index contributed by atoms with van der Waals surface area (Å²) in [6.07, 6.45) is 8.71. The van der Waals surface area contributed by atoms with Gasteiger partial charge in [-0.15, -0.1) is 0 Å². The molecule has 2 saturated heterocycles. The lowest BCUT2D eigenvalue weighted by Gasteiger charge is -2.50. The summed E-state index contributed by atoms with van der Waals surface area (Å²) < 4.78 is 5.90. The monoisotopic (exact) mass is 338 g/mol. The van der Waals surface area contributed by atoms with Gasteiger partial charge in [-0.3, -0.25) is 4.98 Å². The Labute approximate surface area is 149 Å². The van der Waals surface area contributed by atoms with E-state index in [4.69, 9.17) is 4.74 Å². The van der Waals surface area contributed by atoms with E-state index in [9.17, 15) is 5.11 Å². The molecule has 2 fully saturated rings. The summed E-state index contributed by atoms with van der Waals surface area (Å²) in [4.78, 5) is 6.79. The normalized spacial score (nSPS) is 29.4. The van der Waals surface area contributed by atoms with Crippen LogP contribution in [0.25, 0.3) is 0 Å². The van der Waals surface area contributed by atoms with Crippen molar-refractivity contribution in [3.8, 4) is 5.75 Å². The first-order chi connectivity index (χ1) is 12.1. The molecular formula is C21H26N2O2. The number of ether oxygens (including phenoxy) is 1. The Bertz CT molecular complexity index is 705. The molecule has 3 heterocycles. The summed E-state index contributed by atoms with van der Waals surface area (Å²) in [5, 5.41) is 11.4. The van der Waals surface area contributed by atoms with Gasteiger partial charge in [0.25, 0.3) is 0 Å². The number of fused-ring (bicyclic) bond motifs is 2. The molecule has 2 aliphatic rings. The van der Waals surface area contributed by atoms with Gasteiger partial charge in [0, 0.05) is 23.8 Å². The molecule has 0 aliphatic carbocycles. The predicted octanol–water partition coefficient (Wildman–Crippen LogP) is 3.49. The molecule has 4 rings (SSSR count). The Hall–Kier alpha value is -1.91. The van der Waals surface area contributed by atoms with Crippen LogP contribution in [0.15, 0.2) is 48.8 Å². The summed E-state index contributed by atoms with van der Waals surface area (Å²) >= 11 is 0. The first-order valence-corrected chi connectivity index (χ1v) is 9.21. The van der Waals surface area contributed by atoms with Crippen molar-refractivity contribution in [3.63, 3.8) is 0 Å². The highest BCUT2D eigenvalue weighted by molar-refractivity contribution is 5.30. The largest absolute Gasteiger partial charge is 0.487 e. The summed E-state index contributed by atoms with van der Waals surface area (Å²) in [5.41, 5.74) is 1.23. The molecule has 2 atom stereocenters. The van der Waals surface area contributed by atoms with E-state index in [1.807, 2.05) is 36.4 Å². The number of piperidine rings is 2. The van der Waals surface area contributed by atoms with Crippen molar-refractivity contribution >= 4 is 0 Å². The molecular weight excluding hydrogens is 312 g/mol. The van der Waals surface area contributed by atoms with E-state index in [1.54, 1.807) is 12.4 Å². The molecule has 0 saturated carbocycles. The Balaban J connectivity index is 1.51. The van der Waals surface area contributed by atoms with Crippen LogP contribution in [0.3, 0.4) is 0 Å². The van der Waals surface area contributed by atoms with Crippen molar-refractivity contribution < 1.29 is 9.84 Å². The van der Waals surface area contributed by atoms with Crippen LogP contribution in [0.5, 0.6) is 5.75 Å². The molecule has 2 unspecified atom stereocenters. The Kier molecular flexibility index (Phi) is 4.48. The molecule has 2 bridgehead atoms. The second-order valence-corrected chi connectivity index (χ2v) is 7.53. The van der Waals surface area contributed by atoms with Crippen molar-refractivity contribution in [1.82, 2.24) is 9.88 Å². The van der Waals surface area contributed by atoms with Gasteiger partial charge in [0.2, 0.25) is 0 Å². The third-order valence-electron chi connectivity index (χ3n) is 5.87. The van der Waals surface area contributed by atoms with Crippen LogP contribution in [0, 0.1) is 0 Å². The van der Waals surface area contributed by atoms with Gasteiger partial charge in [0.15, 0.2) is 0 Å². The predicted molar refractivity (Wildman–Crippen MR) is 97.3 cm³/mol. The number of nitrogens with zero attached hydrogens (tertiary/aromatic N) is 2. The molecule has 132 valence electrons. The van der Waals surface area contributed by atoms with Crippen LogP contribution in [-0.4, -0.2) is 34.1 Å². The zero-order valence-electron chi connectivity index (χ0n) is 14.8. The fourth-order valence-corrected chi connectivity index (χ4v) is 4.38. The Morgan fingerprint density at radius 3 is 2.60 bits per heavy atom. The van der Waals surface area contributed by atoms with Gasteiger partial charge in [-0.1, -0.05) is 36.8 Å². The number of benzene rings is 1. The highest BCUT2D eigenvalue weighted by atomic mass is 16.5. The van der Waals surface area contributed by atoms with Gasteiger partial charge in [0.1, 0.15) is 12.4 Å². The Morgan fingerprint density at radius 2 is 1.88 bits per heavy atom. The molecule has 2 aromatic rings. The number of aromatic nitrogens is 1. The molecule has 0 spiro atoms. The first kappa shape index (κ1) is 16.6. The van der Waals surface area contributed by atoms with E-state index in [-0.39, 0.29) is 0 Å². The second kappa shape index (κ2) is 6.77. The van der Waals surface area contributed by atoms with E-state index >= 15 is 0 Å². The average molecular weight is 338 g/mol. The average Bonchev–Trinajstić information content (AvgIpc) is 2.63. The smallest absolute Gasteiger partial charge is 0.138 e. The van der Waals surface area contributed by atoms with E-state index in [1.165, 1.54) is 19.3 Å². The van der Waals surface area contributed by atoms with Crippen LogP contribution >= 0.6 is 0 Å². The van der Waals surface area contributed by atoms with Crippen LogP contribution in [0.2, 0.25) is 0 Å². The molecule has 2 aliphatic heterocycles. The van der Waals surface area contributed by atoms with Crippen molar-refractivity contribution in [2.75, 3.05) is 7.05 Å². The maximum Gasteiger partial charge on any atom is 0.138 e. The van der Waals surface area contributed by atoms with Crippen molar-refractivity contribution in [1.29, 1.82) is 0 Å². The summed E-state index contributed by atoms with van der Waals surface area (Å²) in [5.74, 6) is 0.721. The second-order valence-electron chi connectivity index (χ2n) is 7.53. The lowest BCUT2D eigenvalue weighted by molar-refractivity contribution is -0.0877. The van der Waals surface area contributed by atoms with Crippen LogP contribution in [-0.2, 0) is 12.2 Å². The molecule has 1 N–H and O–H groups in total. The SMILES string of the molecule is CN1C2CCCC1CC(O)(c1cncc(OCc3ccccc3)c1)C2. The fraction of sp³-hybridized carbons (Fsp3) is 0.476. The fourth-order valence-electron chi connectivity index (χ4n) is 4.38. The summed E-state index contributed by atoms with van der Waals surface area (Å²) in [6, 6.07) is 13.0. The van der Waals surface area contributed by atoms with Crippen LogP contribution in [0.1, 0.15) is 43.2 Å². The minimum Gasteiger partial charge on any atom is -0.487 e. The number of rotatable bonds is 4. The van der Waals surface area contributed by atoms with E-state index in [0.717, 1.165) is 29.7 Å². The van der Waals surface area contributed by atoms with Crippen LogP contribution < -0.4 is 4.74 Å². The van der Waals surface area contributed by atoms with Gasteiger partial charge >= 0.3 is 0 Å². The molecule has 25 heavy (non-hydrogen) atoms. The topological polar surface area (TPSA) is 45.6 Å². The van der Waals surface area contributed by atoms with Crippen molar-refractivity contribution in [2.24, 2.45) is 0 Å². The minimum atomic E-state index is -0.790. The minimum absolute atomic E-state index is 0.464. The third kappa shape index (κ3) is 3.42. The quantitative estimate of drug-likeness (QED) is 0.927. The maximum absolute atomic E-state index is 11.4. The van der Waals surface area contributed by atoms with Crippen molar-refractivity contribution in [3.05, 3.63) is 59.9 Å². The zero-order chi connectivity index (χ0) is 17.3. The standard InChI is InChI=1S/C21H26N2O2/c1-23-18-8-5-9-19(23)12-21(24,11-18)17-10-20(14-22-13-17)25-15-16-6-3-2-4-7-16/h2-4,6-7,10,13-14,18-19,24H,5,8-9,11-12,15H2,1H3. The van der Waals surface area contributed by atoms with E-state index in [0.29, 0.717) is 18.7 Å². The van der Waals surface area contributed by atoms with E-state index < -0.39 is 5.60 Å². The summed E-state index contributed by atoms with van der Waals surface area (Å²) in [6.45, 7) is 0.512. The van der Waals surface area contributed by atoms with Gasteiger partial charge < -0.3 is 14.7 Å². The molecule has 0 amide bonds. The molecule has 1 aromatic heterocycles. The Morgan fingerprint density at radius 1 is 1.16 bits per heavy atom. The highest BCUT2D eigenvalue weighted by Gasteiger charge is 2.45. The van der Waals surface area contributed by atoms with E-state index in [2.05, 4.69) is 16.9 Å². The maximum atomic E-state index is 11.4. The van der Waals surface area contributed by atoms with Crippen molar-refractivity contribution in [2.45, 2.75) is 56.4 Å². The highest BCUT2D eigenvalue weighted by Crippen LogP contribution is 2.43. The number of pyridine rings is 1.